The summed E-state index contributed by atoms with van der Waals surface area (Å²) >= 11 is 6.00. The van der Waals surface area contributed by atoms with Crippen molar-refractivity contribution in [3.05, 3.63) is 70.2 Å². The molecular weight excluding hydrogens is 386 g/mol. The molecule has 1 atom stereocenters. The van der Waals surface area contributed by atoms with Gasteiger partial charge in [0.1, 0.15) is 0 Å². The van der Waals surface area contributed by atoms with Crippen LogP contribution < -0.4 is 10.6 Å². The third-order valence-corrected chi connectivity index (χ3v) is 5.32. The molecule has 0 radical (unpaired) electrons. The van der Waals surface area contributed by atoms with Gasteiger partial charge >= 0.3 is 6.03 Å². The summed E-state index contributed by atoms with van der Waals surface area (Å²) in [7, 11) is 0. The number of hydrogen-bond donors (Lipinski definition) is 2. The summed E-state index contributed by atoms with van der Waals surface area (Å²) in [5.74, 6) is 0.124. The van der Waals surface area contributed by atoms with Gasteiger partial charge in [0.2, 0.25) is 0 Å². The molecule has 1 heterocycles. The Kier molecular flexibility index (Phi) is 7.15. The van der Waals surface area contributed by atoms with Crippen molar-refractivity contribution in [2.45, 2.75) is 45.2 Å². The van der Waals surface area contributed by atoms with Crippen LogP contribution in [0.4, 0.5) is 4.79 Å². The number of urea groups is 1. The van der Waals surface area contributed by atoms with Gasteiger partial charge in [-0.3, -0.25) is 4.79 Å². The molecule has 2 aromatic carbocycles. The van der Waals surface area contributed by atoms with Crippen LogP contribution in [0.3, 0.4) is 0 Å². The van der Waals surface area contributed by atoms with Crippen molar-refractivity contribution in [3.8, 4) is 0 Å². The lowest BCUT2D eigenvalue weighted by atomic mass is 9.89. The Hall–Kier alpha value is -2.53. The fourth-order valence-electron chi connectivity index (χ4n) is 3.64. The minimum Gasteiger partial charge on any atom is -0.348 e. The minimum absolute atomic E-state index is 0.0138. The van der Waals surface area contributed by atoms with Gasteiger partial charge in [-0.1, -0.05) is 35.9 Å². The summed E-state index contributed by atoms with van der Waals surface area (Å²) in [6, 6.07) is 15.3. The number of carbonyl (C=O) groups excluding carboxylic acids is 2. The molecule has 0 aromatic heterocycles. The van der Waals surface area contributed by atoms with Gasteiger partial charge < -0.3 is 15.5 Å². The lowest BCUT2D eigenvalue weighted by Crippen LogP contribution is -2.47. The first-order chi connectivity index (χ1) is 13.9. The minimum atomic E-state index is -0.114. The van der Waals surface area contributed by atoms with Crippen LogP contribution in [0.1, 0.15) is 54.1 Å². The van der Waals surface area contributed by atoms with Crippen LogP contribution in [0, 0.1) is 0 Å². The second kappa shape index (κ2) is 9.79. The molecule has 0 spiro atoms. The molecule has 1 aliphatic rings. The van der Waals surface area contributed by atoms with E-state index < -0.39 is 0 Å². The van der Waals surface area contributed by atoms with E-state index in [9.17, 15) is 9.59 Å². The summed E-state index contributed by atoms with van der Waals surface area (Å²) in [4.78, 5) is 26.8. The van der Waals surface area contributed by atoms with Crippen LogP contribution in [0.15, 0.2) is 48.5 Å². The molecule has 1 fully saturated rings. The van der Waals surface area contributed by atoms with Crippen molar-refractivity contribution >= 4 is 23.5 Å². The summed E-state index contributed by atoms with van der Waals surface area (Å²) < 4.78 is 0. The molecule has 3 amide bonds. The molecule has 6 heteroatoms. The first-order valence-corrected chi connectivity index (χ1v) is 10.5. The predicted octanol–water partition coefficient (Wildman–Crippen LogP) is 4.57. The van der Waals surface area contributed by atoms with Gasteiger partial charge in [0, 0.05) is 42.2 Å². The second-order valence-corrected chi connectivity index (χ2v) is 8.26. The third kappa shape index (κ3) is 5.97. The number of halogens is 1. The number of amides is 3. The Bertz CT molecular complexity index is 869. The smallest absolute Gasteiger partial charge is 0.317 e. The highest BCUT2D eigenvalue weighted by molar-refractivity contribution is 6.30. The Morgan fingerprint density at radius 2 is 1.97 bits per heavy atom. The maximum atomic E-state index is 12.6. The first-order valence-electron chi connectivity index (χ1n) is 10.1. The standard InChI is InChI=1S/C23H28ClN3O2/c1-16(2)26-23(29)27-11-5-9-20(15-27)18-7-4-8-19(13-18)22(28)25-14-17-6-3-10-21(24)12-17/h3-4,6-8,10,12-13,16,20H,5,9,11,14-15H2,1-2H3,(H,25,28)(H,26,29)/t20-/m0/s1. The van der Waals surface area contributed by atoms with Gasteiger partial charge in [-0.2, -0.15) is 0 Å². The van der Waals surface area contributed by atoms with Gasteiger partial charge in [0.05, 0.1) is 0 Å². The van der Waals surface area contributed by atoms with E-state index in [0.717, 1.165) is 30.5 Å². The molecule has 2 N–H and O–H groups in total. The zero-order valence-corrected chi connectivity index (χ0v) is 17.7. The Morgan fingerprint density at radius 3 is 2.72 bits per heavy atom. The summed E-state index contributed by atoms with van der Waals surface area (Å²) in [6.07, 6.45) is 1.97. The zero-order chi connectivity index (χ0) is 20.8. The highest BCUT2D eigenvalue weighted by Crippen LogP contribution is 2.27. The van der Waals surface area contributed by atoms with Crippen LogP contribution in [-0.2, 0) is 6.54 Å². The van der Waals surface area contributed by atoms with Crippen LogP contribution in [0.25, 0.3) is 0 Å². The highest BCUT2D eigenvalue weighted by Gasteiger charge is 2.25. The van der Waals surface area contributed by atoms with Crippen LogP contribution >= 0.6 is 11.6 Å². The molecular formula is C23H28ClN3O2. The van der Waals surface area contributed by atoms with Gasteiger partial charge in [-0.25, -0.2) is 4.79 Å². The van der Waals surface area contributed by atoms with Gasteiger partial charge in [-0.05, 0) is 62.1 Å². The van der Waals surface area contributed by atoms with E-state index in [1.54, 1.807) is 0 Å². The number of benzene rings is 2. The third-order valence-electron chi connectivity index (χ3n) is 5.08. The van der Waals surface area contributed by atoms with Crippen molar-refractivity contribution in [3.63, 3.8) is 0 Å². The quantitative estimate of drug-likeness (QED) is 0.754. The van der Waals surface area contributed by atoms with Crippen LogP contribution in [0.2, 0.25) is 5.02 Å². The number of nitrogens with zero attached hydrogens (tertiary/aromatic N) is 1. The van der Waals surface area contributed by atoms with E-state index in [1.807, 2.05) is 67.3 Å². The number of piperidine rings is 1. The molecule has 0 unspecified atom stereocenters. The number of hydrogen-bond acceptors (Lipinski definition) is 2. The van der Waals surface area contributed by atoms with Crippen LogP contribution in [0.5, 0.6) is 0 Å². The van der Waals surface area contributed by atoms with Gasteiger partial charge in [0.15, 0.2) is 0 Å². The number of likely N-dealkylation sites (tertiary alicyclic amines) is 1. The van der Waals surface area contributed by atoms with Crippen LogP contribution in [-0.4, -0.2) is 36.0 Å². The van der Waals surface area contributed by atoms with E-state index in [4.69, 9.17) is 11.6 Å². The Morgan fingerprint density at radius 1 is 1.17 bits per heavy atom. The highest BCUT2D eigenvalue weighted by atomic mass is 35.5. The summed E-state index contributed by atoms with van der Waals surface area (Å²) in [5, 5.41) is 6.57. The van der Waals surface area contributed by atoms with E-state index in [2.05, 4.69) is 10.6 Å². The Balaban J connectivity index is 1.63. The molecule has 2 aromatic rings. The second-order valence-electron chi connectivity index (χ2n) is 7.83. The maximum Gasteiger partial charge on any atom is 0.317 e. The van der Waals surface area contributed by atoms with Gasteiger partial charge in [-0.15, -0.1) is 0 Å². The molecule has 1 aliphatic heterocycles. The summed E-state index contributed by atoms with van der Waals surface area (Å²) in [6.45, 7) is 5.80. The fraction of sp³-hybridized carbons (Fsp3) is 0.391. The molecule has 29 heavy (non-hydrogen) atoms. The predicted molar refractivity (Wildman–Crippen MR) is 116 cm³/mol. The van der Waals surface area contributed by atoms with Crippen molar-refractivity contribution in [2.24, 2.45) is 0 Å². The molecule has 0 saturated carbocycles. The number of nitrogens with one attached hydrogen (secondary N) is 2. The molecule has 0 bridgehead atoms. The average Bonchev–Trinajstić information content (AvgIpc) is 2.72. The van der Waals surface area contributed by atoms with E-state index in [-0.39, 0.29) is 23.9 Å². The number of rotatable bonds is 5. The molecule has 3 rings (SSSR count). The lowest BCUT2D eigenvalue weighted by molar-refractivity contribution is 0.0950. The largest absolute Gasteiger partial charge is 0.348 e. The normalized spacial score (nSPS) is 16.6. The van der Waals surface area contributed by atoms with Crippen molar-refractivity contribution in [1.82, 2.24) is 15.5 Å². The first kappa shape index (κ1) is 21.2. The molecule has 154 valence electrons. The maximum absolute atomic E-state index is 12.6. The van der Waals surface area contributed by atoms with E-state index in [1.165, 1.54) is 0 Å². The van der Waals surface area contributed by atoms with Crippen molar-refractivity contribution < 1.29 is 9.59 Å². The average molecular weight is 414 g/mol. The zero-order valence-electron chi connectivity index (χ0n) is 17.0. The lowest BCUT2D eigenvalue weighted by Gasteiger charge is -2.33. The molecule has 1 saturated heterocycles. The van der Waals surface area contributed by atoms with E-state index >= 15 is 0 Å². The monoisotopic (exact) mass is 413 g/mol. The van der Waals surface area contributed by atoms with Gasteiger partial charge in [0.25, 0.3) is 5.91 Å². The SMILES string of the molecule is CC(C)NC(=O)N1CCC[C@H](c2cccc(C(=O)NCc3cccc(Cl)c3)c2)C1. The topological polar surface area (TPSA) is 61.4 Å². The van der Waals surface area contributed by atoms with Crippen molar-refractivity contribution in [2.75, 3.05) is 13.1 Å². The fourth-order valence-corrected chi connectivity index (χ4v) is 3.85. The van der Waals surface area contributed by atoms with E-state index in [0.29, 0.717) is 23.7 Å². The molecule has 0 aliphatic carbocycles. The Labute approximate surface area is 177 Å². The molecule has 5 nitrogen and oxygen atoms in total. The summed E-state index contributed by atoms with van der Waals surface area (Å²) in [5.41, 5.74) is 2.69. The number of carbonyl (C=O) groups is 2. The van der Waals surface area contributed by atoms with Crippen molar-refractivity contribution in [1.29, 1.82) is 0 Å².